The zero-order valence-electron chi connectivity index (χ0n) is 12.6. The third kappa shape index (κ3) is 3.53. The molecule has 0 aromatic carbocycles. The lowest BCUT2D eigenvalue weighted by atomic mass is 9.97. The van der Waals surface area contributed by atoms with E-state index in [0.717, 1.165) is 31.4 Å². The minimum absolute atomic E-state index is 0.0319. The van der Waals surface area contributed by atoms with E-state index in [1.807, 2.05) is 7.05 Å². The number of nitrogens with one attached hydrogen (secondary N) is 1. The molecule has 0 radical (unpaired) electrons. The van der Waals surface area contributed by atoms with Crippen LogP contribution in [0.5, 0.6) is 0 Å². The molecule has 1 aliphatic heterocycles. The fraction of sp³-hybridized carbons (Fsp3) is 0.571. The van der Waals surface area contributed by atoms with Gasteiger partial charge in [-0.05, 0) is 19.4 Å². The zero-order valence-corrected chi connectivity index (χ0v) is 13.3. The highest BCUT2D eigenvalue weighted by Crippen LogP contribution is 2.31. The molecular weight excluding hydrogens is 331 g/mol. The van der Waals surface area contributed by atoms with E-state index in [2.05, 4.69) is 19.9 Å². The molecule has 0 bridgehead atoms. The number of halogens is 4. The number of hydrogen-bond acceptors (Lipinski definition) is 3. The highest BCUT2D eigenvalue weighted by Gasteiger charge is 2.34. The molecule has 9 heteroatoms. The summed E-state index contributed by atoms with van der Waals surface area (Å²) in [5, 5.41) is 0.564. The van der Waals surface area contributed by atoms with Gasteiger partial charge in [0.25, 0.3) is 0 Å². The summed E-state index contributed by atoms with van der Waals surface area (Å²) in [5.41, 5.74) is -0.791. The van der Waals surface area contributed by atoms with Gasteiger partial charge in [-0.15, -0.1) is 0 Å². The molecule has 1 N–H and O–H groups in total. The van der Waals surface area contributed by atoms with Crippen molar-refractivity contribution in [1.29, 1.82) is 0 Å². The number of rotatable bonds is 3. The number of H-pyrrole nitrogens is 1. The average molecular weight is 348 g/mol. The Morgan fingerprint density at radius 3 is 2.74 bits per heavy atom. The third-order valence-electron chi connectivity index (χ3n) is 4.19. The van der Waals surface area contributed by atoms with E-state index in [0.29, 0.717) is 24.1 Å². The quantitative estimate of drug-likeness (QED) is 0.927. The summed E-state index contributed by atoms with van der Waals surface area (Å²) in [4.78, 5) is 12.8. The van der Waals surface area contributed by atoms with Crippen LogP contribution in [0.2, 0.25) is 5.15 Å². The molecular formula is C14H17ClF3N5. The number of imidazole rings is 2. The van der Waals surface area contributed by atoms with Gasteiger partial charge in [0.2, 0.25) is 0 Å². The molecule has 2 aromatic rings. The summed E-state index contributed by atoms with van der Waals surface area (Å²) in [6.07, 6.45) is -0.190. The van der Waals surface area contributed by atoms with Crippen molar-refractivity contribution in [3.05, 3.63) is 34.9 Å². The van der Waals surface area contributed by atoms with Gasteiger partial charge in [0.15, 0.2) is 0 Å². The van der Waals surface area contributed by atoms with Crippen LogP contribution < -0.4 is 0 Å². The first-order valence-corrected chi connectivity index (χ1v) is 7.73. The summed E-state index contributed by atoms with van der Waals surface area (Å²) in [6, 6.07) is 0. The largest absolute Gasteiger partial charge is 0.432 e. The molecule has 3 rings (SSSR count). The molecule has 1 saturated heterocycles. The molecule has 3 heterocycles. The SMILES string of the molecule is Cn1c(Cl)cnc1CN1CCC[C@H](c2ncc(C(F)(F)F)[nH]2)C1. The molecule has 0 amide bonds. The van der Waals surface area contributed by atoms with Crippen molar-refractivity contribution in [2.75, 3.05) is 13.1 Å². The monoisotopic (exact) mass is 347 g/mol. The second-order valence-electron chi connectivity index (χ2n) is 5.81. The van der Waals surface area contributed by atoms with Crippen LogP contribution in [0.25, 0.3) is 0 Å². The van der Waals surface area contributed by atoms with Gasteiger partial charge in [-0.25, -0.2) is 9.97 Å². The minimum atomic E-state index is -4.39. The van der Waals surface area contributed by atoms with Crippen molar-refractivity contribution in [1.82, 2.24) is 24.4 Å². The van der Waals surface area contributed by atoms with Gasteiger partial charge >= 0.3 is 6.18 Å². The van der Waals surface area contributed by atoms with Crippen molar-refractivity contribution >= 4 is 11.6 Å². The third-order valence-corrected chi connectivity index (χ3v) is 4.54. The second-order valence-corrected chi connectivity index (χ2v) is 6.20. The lowest BCUT2D eigenvalue weighted by Gasteiger charge is -2.31. The molecule has 126 valence electrons. The number of nitrogens with zero attached hydrogens (tertiary/aromatic N) is 4. The molecule has 0 saturated carbocycles. The normalized spacial score (nSPS) is 20.1. The van der Waals surface area contributed by atoms with Gasteiger partial charge in [-0.1, -0.05) is 11.6 Å². The van der Waals surface area contributed by atoms with Crippen LogP contribution in [-0.4, -0.2) is 37.5 Å². The van der Waals surface area contributed by atoms with E-state index in [1.54, 1.807) is 10.8 Å². The Balaban J connectivity index is 1.68. The van der Waals surface area contributed by atoms with Gasteiger partial charge in [-0.2, -0.15) is 13.2 Å². The molecule has 5 nitrogen and oxygen atoms in total. The van der Waals surface area contributed by atoms with E-state index in [1.165, 1.54) is 0 Å². The lowest BCUT2D eigenvalue weighted by molar-refractivity contribution is -0.141. The Morgan fingerprint density at radius 1 is 1.35 bits per heavy atom. The van der Waals surface area contributed by atoms with Crippen molar-refractivity contribution in [3.63, 3.8) is 0 Å². The predicted molar refractivity (Wildman–Crippen MR) is 79.1 cm³/mol. The van der Waals surface area contributed by atoms with Gasteiger partial charge in [0, 0.05) is 19.5 Å². The Morgan fingerprint density at radius 2 is 2.13 bits per heavy atom. The fourth-order valence-electron chi connectivity index (χ4n) is 2.88. The first kappa shape index (κ1) is 16.3. The minimum Gasteiger partial charge on any atom is -0.338 e. The number of likely N-dealkylation sites (tertiary alicyclic amines) is 1. The molecule has 0 aliphatic carbocycles. The number of aromatic amines is 1. The summed E-state index contributed by atoms with van der Waals surface area (Å²) in [6.45, 7) is 2.15. The number of alkyl halides is 3. The summed E-state index contributed by atoms with van der Waals surface area (Å²) >= 11 is 5.98. The summed E-state index contributed by atoms with van der Waals surface area (Å²) in [5.74, 6) is 1.21. The molecule has 23 heavy (non-hydrogen) atoms. The fourth-order valence-corrected chi connectivity index (χ4v) is 3.03. The first-order chi connectivity index (χ1) is 10.8. The lowest BCUT2D eigenvalue weighted by Crippen LogP contribution is -2.35. The van der Waals surface area contributed by atoms with E-state index < -0.39 is 11.9 Å². The van der Waals surface area contributed by atoms with E-state index in [-0.39, 0.29) is 5.92 Å². The van der Waals surface area contributed by atoms with Crippen molar-refractivity contribution in [3.8, 4) is 0 Å². The zero-order chi connectivity index (χ0) is 16.6. The summed E-state index contributed by atoms with van der Waals surface area (Å²) < 4.78 is 39.8. The molecule has 1 atom stereocenters. The van der Waals surface area contributed by atoms with Crippen LogP contribution >= 0.6 is 11.6 Å². The Hall–Kier alpha value is -1.54. The number of piperidine rings is 1. The van der Waals surface area contributed by atoms with Crippen LogP contribution in [0.15, 0.2) is 12.4 Å². The molecule has 0 spiro atoms. The second kappa shape index (κ2) is 6.16. The Labute approximate surface area is 136 Å². The molecule has 1 fully saturated rings. The highest BCUT2D eigenvalue weighted by molar-refractivity contribution is 6.29. The first-order valence-electron chi connectivity index (χ1n) is 7.35. The number of hydrogen-bond donors (Lipinski definition) is 1. The van der Waals surface area contributed by atoms with Crippen LogP contribution in [0, 0.1) is 0 Å². The molecule has 1 aliphatic rings. The Bertz CT molecular complexity index is 678. The van der Waals surface area contributed by atoms with Gasteiger partial charge in [0.1, 0.15) is 22.5 Å². The highest BCUT2D eigenvalue weighted by atomic mass is 35.5. The van der Waals surface area contributed by atoms with Crippen LogP contribution in [0.4, 0.5) is 13.2 Å². The van der Waals surface area contributed by atoms with Crippen LogP contribution in [0.3, 0.4) is 0 Å². The van der Waals surface area contributed by atoms with Gasteiger partial charge in [-0.3, -0.25) is 4.90 Å². The van der Waals surface area contributed by atoms with E-state index in [4.69, 9.17) is 11.6 Å². The molecule has 0 unspecified atom stereocenters. The van der Waals surface area contributed by atoms with Crippen LogP contribution in [0.1, 0.15) is 36.1 Å². The summed E-state index contributed by atoms with van der Waals surface area (Å²) in [7, 11) is 1.84. The standard InChI is InChI=1S/C14H17ClF3N5/c1-22-11(15)6-19-12(22)8-23-4-2-3-9(7-23)13-20-5-10(21-13)14(16,17)18/h5-6,9H,2-4,7-8H2,1H3,(H,20,21)/t9-/m0/s1. The molecule has 2 aromatic heterocycles. The average Bonchev–Trinajstić information content (AvgIpc) is 3.10. The van der Waals surface area contributed by atoms with E-state index >= 15 is 0 Å². The van der Waals surface area contributed by atoms with Gasteiger partial charge in [0.05, 0.1) is 18.9 Å². The maximum atomic E-state index is 12.7. The topological polar surface area (TPSA) is 49.7 Å². The Kier molecular flexibility index (Phi) is 4.37. The van der Waals surface area contributed by atoms with Crippen molar-refractivity contribution < 1.29 is 13.2 Å². The maximum absolute atomic E-state index is 12.7. The number of aromatic nitrogens is 4. The maximum Gasteiger partial charge on any atom is 0.432 e. The predicted octanol–water partition coefficient (Wildman–Crippen LogP) is 3.20. The van der Waals surface area contributed by atoms with Crippen LogP contribution in [-0.2, 0) is 19.8 Å². The van der Waals surface area contributed by atoms with Crippen molar-refractivity contribution in [2.24, 2.45) is 7.05 Å². The van der Waals surface area contributed by atoms with Crippen molar-refractivity contribution in [2.45, 2.75) is 31.5 Å². The smallest absolute Gasteiger partial charge is 0.338 e. The van der Waals surface area contributed by atoms with E-state index in [9.17, 15) is 13.2 Å². The van der Waals surface area contributed by atoms with Gasteiger partial charge < -0.3 is 9.55 Å².